The van der Waals surface area contributed by atoms with E-state index >= 15 is 0 Å². The minimum atomic E-state index is -0.600. The topological polar surface area (TPSA) is 69.4 Å². The van der Waals surface area contributed by atoms with Gasteiger partial charge in [0.15, 0.2) is 12.0 Å². The Labute approximate surface area is 137 Å². The Bertz CT molecular complexity index is 713. The molecule has 2 aromatic carbocycles. The summed E-state index contributed by atoms with van der Waals surface area (Å²) in [5.41, 5.74) is 0.234. The van der Waals surface area contributed by atoms with Crippen molar-refractivity contribution in [2.24, 2.45) is 0 Å². The number of hydrogen-bond acceptors (Lipinski definition) is 4. The molecule has 21 heavy (non-hydrogen) atoms. The SMILES string of the molecule is O=Cc1ccc(Oc2c(Cl)cc([N+](=O)[O-])cc2Cl)cc1Br. The van der Waals surface area contributed by atoms with Gasteiger partial charge in [0.05, 0.1) is 15.0 Å². The monoisotopic (exact) mass is 389 g/mol. The van der Waals surface area contributed by atoms with Crippen LogP contribution in [0.4, 0.5) is 5.69 Å². The summed E-state index contributed by atoms with van der Waals surface area (Å²) in [7, 11) is 0. The summed E-state index contributed by atoms with van der Waals surface area (Å²) < 4.78 is 6.07. The fourth-order valence-electron chi connectivity index (χ4n) is 1.53. The van der Waals surface area contributed by atoms with Crippen LogP contribution in [-0.2, 0) is 0 Å². The number of nitrogens with zero attached hydrogens (tertiary/aromatic N) is 1. The van der Waals surface area contributed by atoms with E-state index in [-0.39, 0.29) is 21.5 Å². The lowest BCUT2D eigenvalue weighted by atomic mass is 10.2. The number of halogens is 3. The molecule has 0 atom stereocenters. The lowest BCUT2D eigenvalue weighted by Gasteiger charge is -2.10. The summed E-state index contributed by atoms with van der Waals surface area (Å²) in [6, 6.07) is 6.98. The quantitative estimate of drug-likeness (QED) is 0.405. The van der Waals surface area contributed by atoms with E-state index in [4.69, 9.17) is 27.9 Å². The van der Waals surface area contributed by atoms with Gasteiger partial charge in [-0.15, -0.1) is 0 Å². The lowest BCUT2D eigenvalue weighted by Crippen LogP contribution is -1.92. The molecular formula is C13H6BrCl2NO4. The fourth-order valence-corrected chi connectivity index (χ4v) is 2.54. The molecular weight excluding hydrogens is 385 g/mol. The molecule has 0 aliphatic heterocycles. The summed E-state index contributed by atoms with van der Waals surface area (Å²) in [4.78, 5) is 20.8. The van der Waals surface area contributed by atoms with E-state index in [2.05, 4.69) is 15.9 Å². The molecule has 0 fully saturated rings. The predicted molar refractivity (Wildman–Crippen MR) is 82.7 cm³/mol. The van der Waals surface area contributed by atoms with Crippen LogP contribution in [0.1, 0.15) is 10.4 Å². The molecule has 0 aliphatic rings. The molecule has 2 aromatic rings. The van der Waals surface area contributed by atoms with Crippen LogP contribution in [0.2, 0.25) is 10.0 Å². The van der Waals surface area contributed by atoms with Crippen molar-refractivity contribution < 1.29 is 14.5 Å². The number of hydrogen-bond donors (Lipinski definition) is 0. The molecule has 0 radical (unpaired) electrons. The Morgan fingerprint density at radius 1 is 1.19 bits per heavy atom. The van der Waals surface area contributed by atoms with Gasteiger partial charge in [-0.3, -0.25) is 14.9 Å². The Kier molecular flexibility index (Phi) is 4.82. The second-order valence-corrected chi connectivity index (χ2v) is 5.57. The highest BCUT2D eigenvalue weighted by molar-refractivity contribution is 9.10. The zero-order valence-electron chi connectivity index (χ0n) is 10.2. The van der Waals surface area contributed by atoms with Gasteiger partial charge >= 0.3 is 0 Å². The number of nitro benzene ring substituents is 1. The first-order valence-electron chi connectivity index (χ1n) is 5.48. The van der Waals surface area contributed by atoms with Crippen molar-refractivity contribution in [2.45, 2.75) is 0 Å². The van der Waals surface area contributed by atoms with Gasteiger partial charge in [0.2, 0.25) is 0 Å². The number of nitro groups is 1. The molecule has 0 N–H and O–H groups in total. The molecule has 0 saturated carbocycles. The highest BCUT2D eigenvalue weighted by Crippen LogP contribution is 2.39. The van der Waals surface area contributed by atoms with Crippen molar-refractivity contribution in [3.05, 3.63) is 60.5 Å². The highest BCUT2D eigenvalue weighted by atomic mass is 79.9. The van der Waals surface area contributed by atoms with Gasteiger partial charge in [0, 0.05) is 22.2 Å². The third-order valence-corrected chi connectivity index (χ3v) is 3.76. The number of rotatable bonds is 4. The number of ether oxygens (including phenoxy) is 1. The highest BCUT2D eigenvalue weighted by Gasteiger charge is 2.16. The summed E-state index contributed by atoms with van der Waals surface area (Å²) in [5, 5.41) is 10.7. The zero-order chi connectivity index (χ0) is 15.6. The zero-order valence-corrected chi connectivity index (χ0v) is 13.3. The van der Waals surface area contributed by atoms with Crippen LogP contribution in [-0.4, -0.2) is 11.2 Å². The first kappa shape index (κ1) is 15.8. The van der Waals surface area contributed by atoms with Gasteiger partial charge in [0.1, 0.15) is 5.75 Å². The van der Waals surface area contributed by atoms with Crippen molar-refractivity contribution in [2.75, 3.05) is 0 Å². The van der Waals surface area contributed by atoms with Crippen LogP contribution in [0.25, 0.3) is 0 Å². The molecule has 0 saturated heterocycles. The number of carbonyl (C=O) groups excluding carboxylic acids is 1. The van der Waals surface area contributed by atoms with E-state index in [9.17, 15) is 14.9 Å². The van der Waals surface area contributed by atoms with Crippen LogP contribution < -0.4 is 4.74 Å². The summed E-state index contributed by atoms with van der Waals surface area (Å²) >= 11 is 15.1. The largest absolute Gasteiger partial charge is 0.454 e. The molecule has 0 bridgehead atoms. The maximum atomic E-state index is 10.7. The molecule has 108 valence electrons. The number of aldehydes is 1. The van der Waals surface area contributed by atoms with Crippen molar-refractivity contribution in [3.63, 3.8) is 0 Å². The standard InChI is InChI=1S/C13H6BrCl2NO4/c14-10-5-9(2-1-7(10)6-18)21-13-11(15)3-8(17(19)20)4-12(13)16/h1-6H. The second kappa shape index (κ2) is 6.43. The second-order valence-electron chi connectivity index (χ2n) is 3.90. The van der Waals surface area contributed by atoms with Crippen molar-refractivity contribution in [1.29, 1.82) is 0 Å². The van der Waals surface area contributed by atoms with E-state index in [0.717, 1.165) is 12.1 Å². The van der Waals surface area contributed by atoms with Crippen molar-refractivity contribution in [1.82, 2.24) is 0 Å². The fraction of sp³-hybridized carbons (Fsp3) is 0. The maximum absolute atomic E-state index is 10.7. The van der Waals surface area contributed by atoms with Gasteiger partial charge in [0.25, 0.3) is 5.69 Å². The van der Waals surface area contributed by atoms with Crippen LogP contribution >= 0.6 is 39.1 Å². The van der Waals surface area contributed by atoms with Crippen LogP contribution in [0.5, 0.6) is 11.5 Å². The van der Waals surface area contributed by atoms with Crippen LogP contribution in [0, 0.1) is 10.1 Å². The van der Waals surface area contributed by atoms with Gasteiger partial charge in [-0.25, -0.2) is 0 Å². The molecule has 5 nitrogen and oxygen atoms in total. The Hall–Kier alpha value is -1.63. The molecule has 0 amide bonds. The average molecular weight is 391 g/mol. The average Bonchev–Trinajstić information content (AvgIpc) is 2.42. The van der Waals surface area contributed by atoms with Gasteiger partial charge < -0.3 is 4.74 Å². The first-order chi connectivity index (χ1) is 9.92. The predicted octanol–water partition coefficient (Wildman–Crippen LogP) is 5.27. The van der Waals surface area contributed by atoms with Crippen molar-refractivity contribution >= 4 is 51.1 Å². The van der Waals surface area contributed by atoms with Crippen molar-refractivity contribution in [3.8, 4) is 11.5 Å². The molecule has 0 aromatic heterocycles. The molecule has 0 aliphatic carbocycles. The smallest absolute Gasteiger partial charge is 0.272 e. The number of benzene rings is 2. The van der Waals surface area contributed by atoms with Crippen LogP contribution in [0.15, 0.2) is 34.8 Å². The molecule has 0 spiro atoms. The van der Waals surface area contributed by atoms with Crippen LogP contribution in [0.3, 0.4) is 0 Å². The lowest BCUT2D eigenvalue weighted by molar-refractivity contribution is -0.384. The summed E-state index contributed by atoms with van der Waals surface area (Å²) in [5.74, 6) is 0.486. The Balaban J connectivity index is 2.38. The van der Waals surface area contributed by atoms with E-state index in [1.807, 2.05) is 0 Å². The third kappa shape index (κ3) is 3.53. The molecule has 0 unspecified atom stereocenters. The Morgan fingerprint density at radius 2 is 1.81 bits per heavy atom. The third-order valence-electron chi connectivity index (χ3n) is 2.51. The Morgan fingerprint density at radius 3 is 2.29 bits per heavy atom. The maximum Gasteiger partial charge on any atom is 0.272 e. The number of non-ortho nitro benzene ring substituents is 1. The summed E-state index contributed by atoms with van der Waals surface area (Å²) in [6.45, 7) is 0. The van der Waals surface area contributed by atoms with E-state index < -0.39 is 4.92 Å². The first-order valence-corrected chi connectivity index (χ1v) is 7.03. The van der Waals surface area contributed by atoms with Gasteiger partial charge in [-0.1, -0.05) is 23.2 Å². The van der Waals surface area contributed by atoms with E-state index in [0.29, 0.717) is 22.1 Å². The van der Waals surface area contributed by atoms with Gasteiger partial charge in [-0.05, 0) is 34.1 Å². The van der Waals surface area contributed by atoms with Gasteiger partial charge in [-0.2, -0.15) is 0 Å². The minimum Gasteiger partial charge on any atom is -0.454 e. The molecule has 0 heterocycles. The number of carbonyl (C=O) groups is 1. The normalized spacial score (nSPS) is 10.2. The molecule has 2 rings (SSSR count). The van der Waals surface area contributed by atoms with E-state index in [1.165, 1.54) is 0 Å². The summed E-state index contributed by atoms with van der Waals surface area (Å²) in [6.07, 6.45) is 0.694. The molecule has 8 heteroatoms. The minimum absolute atomic E-state index is 0.0183. The van der Waals surface area contributed by atoms with E-state index in [1.54, 1.807) is 18.2 Å².